The summed E-state index contributed by atoms with van der Waals surface area (Å²) in [7, 11) is 0. The molecule has 186 valence electrons. The lowest BCUT2D eigenvalue weighted by Crippen LogP contribution is -2.13. The van der Waals surface area contributed by atoms with Crippen LogP contribution in [0.3, 0.4) is 0 Å². The average molecular weight is 501 g/mol. The van der Waals surface area contributed by atoms with Gasteiger partial charge in [0.25, 0.3) is 11.6 Å². The van der Waals surface area contributed by atoms with E-state index in [4.69, 9.17) is 4.74 Å². The molecule has 0 saturated heterocycles. The van der Waals surface area contributed by atoms with Crippen LogP contribution in [0, 0.1) is 20.2 Å². The van der Waals surface area contributed by atoms with Gasteiger partial charge in [-0.25, -0.2) is 0 Å². The molecule has 0 fully saturated rings. The van der Waals surface area contributed by atoms with Gasteiger partial charge in [-0.1, -0.05) is 36.4 Å². The largest absolute Gasteiger partial charge is 0.505 e. The number of hydrogen-bond acceptors (Lipinski definition) is 9. The van der Waals surface area contributed by atoms with Crippen LogP contribution in [0.1, 0.15) is 17.3 Å². The van der Waals surface area contributed by atoms with Crippen molar-refractivity contribution >= 4 is 45.1 Å². The van der Waals surface area contributed by atoms with E-state index in [2.05, 4.69) is 15.5 Å². The lowest BCUT2D eigenvalue weighted by Gasteiger charge is -2.13. The highest BCUT2D eigenvalue weighted by Gasteiger charge is 2.22. The quantitative estimate of drug-likeness (QED) is 0.159. The number of rotatable bonds is 8. The van der Waals surface area contributed by atoms with E-state index in [-0.39, 0.29) is 16.9 Å². The predicted octanol–water partition coefficient (Wildman–Crippen LogP) is 6.43. The van der Waals surface area contributed by atoms with Crippen molar-refractivity contribution < 1.29 is 24.5 Å². The molecule has 0 aliphatic carbocycles. The van der Waals surface area contributed by atoms with E-state index in [1.165, 1.54) is 6.07 Å². The number of nitro groups is 2. The molecule has 0 saturated carbocycles. The fraction of sp³-hybridized carbons (Fsp3) is 0.0800. The summed E-state index contributed by atoms with van der Waals surface area (Å²) in [5.74, 6) is -0.699. The van der Waals surface area contributed by atoms with Crippen molar-refractivity contribution in [2.24, 2.45) is 10.2 Å². The van der Waals surface area contributed by atoms with E-state index >= 15 is 0 Å². The van der Waals surface area contributed by atoms with Gasteiger partial charge in [0, 0.05) is 11.5 Å². The molecule has 37 heavy (non-hydrogen) atoms. The van der Waals surface area contributed by atoms with E-state index in [0.29, 0.717) is 28.8 Å². The first kappa shape index (κ1) is 24.7. The number of non-ortho nitro benzene ring substituents is 1. The van der Waals surface area contributed by atoms with Crippen LogP contribution in [0.15, 0.2) is 83.0 Å². The summed E-state index contributed by atoms with van der Waals surface area (Å²) in [5, 5.41) is 45.0. The molecule has 4 rings (SSSR count). The molecule has 0 radical (unpaired) electrons. The molecule has 0 heterocycles. The smallest absolute Gasteiger partial charge is 0.303 e. The Bertz CT molecular complexity index is 1570. The summed E-state index contributed by atoms with van der Waals surface area (Å²) < 4.78 is 5.53. The monoisotopic (exact) mass is 501 g/mol. The number of fused-ring (bicyclic) bond motifs is 1. The Labute approximate surface area is 209 Å². The van der Waals surface area contributed by atoms with Crippen LogP contribution in [0.5, 0.6) is 11.5 Å². The molecular formula is C25H19N5O7. The first-order valence-corrected chi connectivity index (χ1v) is 10.9. The van der Waals surface area contributed by atoms with Crippen molar-refractivity contribution in [3.63, 3.8) is 0 Å². The second-order valence-electron chi connectivity index (χ2n) is 7.61. The number of carbonyl (C=O) groups excluding carboxylic acids is 1. The predicted molar refractivity (Wildman–Crippen MR) is 135 cm³/mol. The molecule has 0 atom stereocenters. The summed E-state index contributed by atoms with van der Waals surface area (Å²) in [6, 6.07) is 18.0. The summed E-state index contributed by atoms with van der Waals surface area (Å²) in [5.41, 5.74) is -1.20. The fourth-order valence-corrected chi connectivity index (χ4v) is 3.59. The molecule has 4 aromatic rings. The minimum atomic E-state index is -0.820. The van der Waals surface area contributed by atoms with Crippen molar-refractivity contribution in [1.29, 1.82) is 0 Å². The standard InChI is InChI=1S/C25H19N5O7/c1-2-37-22-10-6-5-9-20(22)26-25(32)18-13-15-7-3-4-8-17(15)23(24(18)31)28-27-19-12-11-16(29(33)34)14-21(19)30(35)36/h3-14,31H,2H2,1H3,(H,26,32). The van der Waals surface area contributed by atoms with Crippen molar-refractivity contribution in [2.75, 3.05) is 11.9 Å². The Morgan fingerprint density at radius 1 is 0.973 bits per heavy atom. The van der Waals surface area contributed by atoms with Crippen molar-refractivity contribution in [3.8, 4) is 11.5 Å². The second-order valence-corrected chi connectivity index (χ2v) is 7.61. The molecule has 4 aromatic carbocycles. The first-order chi connectivity index (χ1) is 17.8. The molecule has 0 aliphatic rings. The number of azo groups is 1. The molecule has 0 unspecified atom stereocenters. The van der Waals surface area contributed by atoms with Gasteiger partial charge in [0.05, 0.1) is 33.8 Å². The zero-order valence-corrected chi connectivity index (χ0v) is 19.3. The molecule has 0 aliphatic heterocycles. The number of carbonyl (C=O) groups is 1. The number of anilines is 1. The highest BCUT2D eigenvalue weighted by molar-refractivity contribution is 6.12. The maximum atomic E-state index is 13.2. The number of ether oxygens (including phenoxy) is 1. The molecule has 12 heteroatoms. The molecule has 0 bridgehead atoms. The van der Waals surface area contributed by atoms with Gasteiger partial charge in [-0.05, 0) is 36.6 Å². The first-order valence-electron chi connectivity index (χ1n) is 10.9. The molecule has 0 aromatic heterocycles. The Morgan fingerprint density at radius 2 is 1.70 bits per heavy atom. The maximum absolute atomic E-state index is 13.2. The Hall–Kier alpha value is -5.39. The Kier molecular flexibility index (Phi) is 7.00. The van der Waals surface area contributed by atoms with E-state index in [1.54, 1.807) is 55.5 Å². The van der Waals surface area contributed by atoms with E-state index in [0.717, 1.165) is 18.2 Å². The number of hydrogen-bond donors (Lipinski definition) is 2. The van der Waals surface area contributed by atoms with Gasteiger partial charge >= 0.3 is 5.69 Å². The lowest BCUT2D eigenvalue weighted by atomic mass is 10.0. The van der Waals surface area contributed by atoms with Gasteiger partial charge in [-0.15, -0.1) is 10.2 Å². The van der Waals surface area contributed by atoms with E-state index < -0.39 is 32.9 Å². The third kappa shape index (κ3) is 5.17. The zero-order chi connectivity index (χ0) is 26.5. The van der Waals surface area contributed by atoms with Crippen LogP contribution in [0.25, 0.3) is 10.8 Å². The van der Waals surface area contributed by atoms with Crippen molar-refractivity contribution in [3.05, 3.63) is 98.6 Å². The van der Waals surface area contributed by atoms with Crippen LogP contribution >= 0.6 is 0 Å². The van der Waals surface area contributed by atoms with Gasteiger partial charge < -0.3 is 15.2 Å². The fourth-order valence-electron chi connectivity index (χ4n) is 3.59. The Balaban J connectivity index is 1.79. The molecule has 1 amide bonds. The van der Waals surface area contributed by atoms with Crippen LogP contribution in [0.4, 0.5) is 28.4 Å². The third-order valence-electron chi connectivity index (χ3n) is 5.30. The number of nitrogens with zero attached hydrogens (tertiary/aromatic N) is 4. The number of aromatic hydroxyl groups is 1. The zero-order valence-electron chi connectivity index (χ0n) is 19.3. The number of amides is 1. The molecule has 2 N–H and O–H groups in total. The van der Waals surface area contributed by atoms with Crippen LogP contribution in [-0.4, -0.2) is 27.5 Å². The topological polar surface area (TPSA) is 170 Å². The van der Waals surface area contributed by atoms with E-state index in [9.17, 15) is 30.1 Å². The highest BCUT2D eigenvalue weighted by atomic mass is 16.6. The summed E-state index contributed by atoms with van der Waals surface area (Å²) in [6.45, 7) is 2.19. The maximum Gasteiger partial charge on any atom is 0.303 e. The van der Waals surface area contributed by atoms with Gasteiger partial charge in [-0.3, -0.25) is 25.0 Å². The van der Waals surface area contributed by atoms with Crippen molar-refractivity contribution in [1.82, 2.24) is 0 Å². The van der Waals surface area contributed by atoms with Gasteiger partial charge in [-0.2, -0.15) is 0 Å². The number of phenols is 1. The van der Waals surface area contributed by atoms with Crippen LogP contribution < -0.4 is 10.1 Å². The summed E-state index contributed by atoms with van der Waals surface area (Å²) in [6.07, 6.45) is 0. The SMILES string of the molecule is CCOc1ccccc1NC(=O)c1cc2ccccc2c(N=Nc2ccc([N+](=O)[O-])cc2[N+](=O)[O-])c1O. The van der Waals surface area contributed by atoms with E-state index in [1.807, 2.05) is 0 Å². The normalized spacial score (nSPS) is 10.9. The minimum absolute atomic E-state index is 0.103. The van der Waals surface area contributed by atoms with Crippen LogP contribution in [-0.2, 0) is 0 Å². The molecule has 12 nitrogen and oxygen atoms in total. The Morgan fingerprint density at radius 3 is 2.43 bits per heavy atom. The number of nitrogens with one attached hydrogen (secondary N) is 1. The van der Waals surface area contributed by atoms with Crippen molar-refractivity contribution in [2.45, 2.75) is 6.92 Å². The van der Waals surface area contributed by atoms with Gasteiger partial charge in [0.1, 0.15) is 11.4 Å². The number of phenolic OH excluding ortho intramolecular Hbond substituents is 1. The number of para-hydroxylation sites is 2. The average Bonchev–Trinajstić information content (AvgIpc) is 2.89. The highest BCUT2D eigenvalue weighted by Crippen LogP contribution is 2.41. The molecular weight excluding hydrogens is 482 g/mol. The van der Waals surface area contributed by atoms with Gasteiger partial charge in [0.2, 0.25) is 0 Å². The third-order valence-corrected chi connectivity index (χ3v) is 5.30. The second kappa shape index (κ2) is 10.5. The summed E-state index contributed by atoms with van der Waals surface area (Å²) >= 11 is 0. The minimum Gasteiger partial charge on any atom is -0.505 e. The number of nitro benzene ring substituents is 2. The summed E-state index contributed by atoms with van der Waals surface area (Å²) in [4.78, 5) is 34.0. The lowest BCUT2D eigenvalue weighted by molar-refractivity contribution is -0.393. The van der Waals surface area contributed by atoms with Gasteiger partial charge in [0.15, 0.2) is 11.4 Å². The number of benzene rings is 4. The van der Waals surface area contributed by atoms with Crippen LogP contribution in [0.2, 0.25) is 0 Å². The molecule has 0 spiro atoms.